The van der Waals surface area contributed by atoms with Gasteiger partial charge in [0.05, 0.1) is 25.4 Å². The van der Waals surface area contributed by atoms with Crippen LogP contribution in [0.15, 0.2) is 12.2 Å². The van der Waals surface area contributed by atoms with Gasteiger partial charge in [0, 0.05) is 12.8 Å². The first-order valence-electron chi connectivity index (χ1n) is 36.5. The van der Waals surface area contributed by atoms with Crippen LogP contribution in [0.5, 0.6) is 0 Å². The van der Waals surface area contributed by atoms with E-state index in [9.17, 15) is 19.8 Å². The van der Waals surface area contributed by atoms with Crippen LogP contribution >= 0.6 is 0 Å². The van der Waals surface area contributed by atoms with E-state index in [-0.39, 0.29) is 18.5 Å². The van der Waals surface area contributed by atoms with Gasteiger partial charge in [-0.3, -0.25) is 9.59 Å². The fourth-order valence-electron chi connectivity index (χ4n) is 11.8. The minimum atomic E-state index is -0.838. The van der Waals surface area contributed by atoms with Crippen molar-refractivity contribution < 1.29 is 24.5 Å². The van der Waals surface area contributed by atoms with Crippen molar-refractivity contribution in [1.29, 1.82) is 0 Å². The number of allylic oxidation sites excluding steroid dienone is 1. The highest BCUT2D eigenvalue weighted by atomic mass is 16.5. The van der Waals surface area contributed by atoms with Gasteiger partial charge in [0.2, 0.25) is 5.91 Å². The second kappa shape index (κ2) is 69.1. The van der Waals surface area contributed by atoms with Crippen LogP contribution in [0.4, 0.5) is 0 Å². The summed E-state index contributed by atoms with van der Waals surface area (Å²) in [5, 5.41) is 23.0. The molecule has 0 aromatic rings. The van der Waals surface area contributed by atoms with Crippen molar-refractivity contribution in [2.24, 2.45) is 0 Å². The average molecular weight is 1110 g/mol. The Hall–Kier alpha value is -1.40. The molecule has 1 amide bonds. The third kappa shape index (κ3) is 65.6. The molecule has 0 fully saturated rings. The van der Waals surface area contributed by atoms with E-state index in [2.05, 4.69) is 19.2 Å². The normalized spacial score (nSPS) is 12.5. The molecule has 0 aromatic carbocycles. The topological polar surface area (TPSA) is 95.9 Å². The molecule has 470 valence electrons. The van der Waals surface area contributed by atoms with E-state index in [1.165, 1.54) is 353 Å². The third-order valence-corrected chi connectivity index (χ3v) is 17.3. The molecule has 0 bridgehead atoms. The number of rotatable bonds is 69. The number of carbonyl (C=O) groups is 2. The fraction of sp³-hybridized carbons (Fsp3) is 0.945. The summed E-state index contributed by atoms with van der Waals surface area (Å²) in [7, 11) is 0. The maximum Gasteiger partial charge on any atom is 0.305 e. The zero-order valence-electron chi connectivity index (χ0n) is 53.9. The smallest absolute Gasteiger partial charge is 0.305 e. The monoisotopic (exact) mass is 1110 g/mol. The van der Waals surface area contributed by atoms with Crippen molar-refractivity contribution in [3.8, 4) is 0 Å². The Balaban J connectivity index is 3.27. The molecule has 0 saturated carbocycles. The highest BCUT2D eigenvalue weighted by molar-refractivity contribution is 5.76. The molecule has 0 saturated heterocycles. The van der Waals surface area contributed by atoms with Crippen molar-refractivity contribution in [3.05, 3.63) is 12.2 Å². The van der Waals surface area contributed by atoms with Crippen LogP contribution in [0.1, 0.15) is 418 Å². The van der Waals surface area contributed by atoms with Gasteiger partial charge in [-0.05, 0) is 32.1 Å². The molecule has 6 heteroatoms. The van der Waals surface area contributed by atoms with Crippen LogP contribution in [-0.4, -0.2) is 47.4 Å². The van der Waals surface area contributed by atoms with Crippen molar-refractivity contribution in [2.75, 3.05) is 13.2 Å². The first-order valence-corrected chi connectivity index (χ1v) is 36.5. The van der Waals surface area contributed by atoms with Gasteiger partial charge in [-0.1, -0.05) is 386 Å². The molecule has 0 aromatic heterocycles. The zero-order chi connectivity index (χ0) is 57.1. The summed E-state index contributed by atoms with van der Waals surface area (Å²) in [4.78, 5) is 24.5. The van der Waals surface area contributed by atoms with Crippen LogP contribution < -0.4 is 5.32 Å². The molecule has 0 rings (SSSR count). The molecule has 6 nitrogen and oxygen atoms in total. The number of unbranched alkanes of at least 4 members (excludes halogenated alkanes) is 58. The Labute approximate surface area is 495 Å². The van der Waals surface area contributed by atoms with Crippen LogP contribution in [0.25, 0.3) is 0 Å². The molecule has 2 unspecified atom stereocenters. The van der Waals surface area contributed by atoms with E-state index < -0.39 is 12.1 Å². The standard InChI is InChI=1S/C73H143NO5/c1-3-5-7-9-11-13-15-16-17-37-41-44-47-51-55-59-63-67-73(78)79-68-64-60-56-52-48-45-42-39-36-34-32-30-28-26-24-22-20-18-19-21-23-25-27-29-31-33-35-38-40-43-46-50-54-58-62-66-72(77)74-70(69-75)71(76)65-61-57-53-49-14-12-10-8-6-4-2/h61,65,70-71,75-76H,3-60,62-64,66-69H2,1-2H3,(H,74,77)/b65-61+. The van der Waals surface area contributed by atoms with Gasteiger partial charge < -0.3 is 20.3 Å². The van der Waals surface area contributed by atoms with E-state index in [1.54, 1.807) is 6.08 Å². The average Bonchev–Trinajstić information content (AvgIpc) is 3.45. The molecule has 0 spiro atoms. The van der Waals surface area contributed by atoms with Gasteiger partial charge in [0.1, 0.15) is 0 Å². The number of ether oxygens (including phenoxy) is 1. The predicted molar refractivity (Wildman–Crippen MR) is 347 cm³/mol. The molecule has 79 heavy (non-hydrogen) atoms. The van der Waals surface area contributed by atoms with E-state index >= 15 is 0 Å². The van der Waals surface area contributed by atoms with Crippen molar-refractivity contribution in [3.63, 3.8) is 0 Å². The molecule has 0 aliphatic rings. The quantitative estimate of drug-likeness (QED) is 0.0320. The molecule has 0 aliphatic heterocycles. The lowest BCUT2D eigenvalue weighted by Crippen LogP contribution is -2.45. The van der Waals surface area contributed by atoms with Crippen molar-refractivity contribution >= 4 is 11.9 Å². The van der Waals surface area contributed by atoms with E-state index in [1.807, 2.05) is 6.08 Å². The molecule has 3 N–H and O–H groups in total. The molecule has 0 heterocycles. The van der Waals surface area contributed by atoms with Gasteiger partial charge in [0.15, 0.2) is 0 Å². The van der Waals surface area contributed by atoms with E-state index in [0.717, 1.165) is 38.5 Å². The zero-order valence-corrected chi connectivity index (χ0v) is 53.9. The molecular weight excluding hydrogens is 971 g/mol. The second-order valence-corrected chi connectivity index (χ2v) is 25.3. The van der Waals surface area contributed by atoms with Gasteiger partial charge in [-0.2, -0.15) is 0 Å². The minimum absolute atomic E-state index is 0.0272. The fourth-order valence-corrected chi connectivity index (χ4v) is 11.8. The number of esters is 1. The van der Waals surface area contributed by atoms with Gasteiger partial charge >= 0.3 is 5.97 Å². The molecule has 2 atom stereocenters. The summed E-state index contributed by atoms with van der Waals surface area (Å²) >= 11 is 0. The lowest BCUT2D eigenvalue weighted by Gasteiger charge is -2.20. The Morgan fingerprint density at radius 2 is 0.582 bits per heavy atom. The van der Waals surface area contributed by atoms with Gasteiger partial charge in [-0.15, -0.1) is 0 Å². The van der Waals surface area contributed by atoms with Crippen LogP contribution in [0.2, 0.25) is 0 Å². The van der Waals surface area contributed by atoms with Crippen LogP contribution in [-0.2, 0) is 14.3 Å². The highest BCUT2D eigenvalue weighted by Crippen LogP contribution is 2.20. The minimum Gasteiger partial charge on any atom is -0.466 e. The third-order valence-electron chi connectivity index (χ3n) is 17.3. The Morgan fingerprint density at radius 1 is 0.342 bits per heavy atom. The summed E-state index contributed by atoms with van der Waals surface area (Å²) in [6, 6.07) is -0.621. The van der Waals surface area contributed by atoms with Crippen molar-refractivity contribution in [1.82, 2.24) is 5.32 Å². The summed E-state index contributed by atoms with van der Waals surface area (Å²) in [5.74, 6) is -0.0353. The first-order chi connectivity index (χ1) is 39.0. The lowest BCUT2D eigenvalue weighted by atomic mass is 10.0. The summed E-state index contributed by atoms with van der Waals surface area (Å²) in [6.07, 6.45) is 86.2. The summed E-state index contributed by atoms with van der Waals surface area (Å²) in [5.41, 5.74) is 0. The summed E-state index contributed by atoms with van der Waals surface area (Å²) in [6.45, 7) is 4.93. The van der Waals surface area contributed by atoms with Crippen LogP contribution in [0, 0.1) is 0 Å². The number of aliphatic hydroxyl groups is 2. The number of aliphatic hydroxyl groups excluding tert-OH is 2. The molecular formula is C73H143NO5. The SMILES string of the molecule is CCCCCCCCCC/C=C/C(O)C(CO)NC(=O)CCCCCCCCCCCCCCCCCCCCCCCCCCCCCCCCCCCCCOC(=O)CCCCCCCCCCCCCCCCCCC. The Bertz CT molecular complexity index is 1190. The van der Waals surface area contributed by atoms with E-state index in [0.29, 0.717) is 19.4 Å². The lowest BCUT2D eigenvalue weighted by molar-refractivity contribution is -0.143. The Morgan fingerprint density at radius 3 is 0.861 bits per heavy atom. The predicted octanol–water partition coefficient (Wildman–Crippen LogP) is 23.5. The van der Waals surface area contributed by atoms with Crippen LogP contribution in [0.3, 0.4) is 0 Å². The number of amides is 1. The van der Waals surface area contributed by atoms with Gasteiger partial charge in [-0.25, -0.2) is 0 Å². The molecule has 0 aliphatic carbocycles. The molecule has 0 radical (unpaired) electrons. The Kier molecular flexibility index (Phi) is 67.9. The highest BCUT2D eigenvalue weighted by Gasteiger charge is 2.18. The number of hydrogen-bond donors (Lipinski definition) is 3. The second-order valence-electron chi connectivity index (χ2n) is 25.3. The number of carbonyl (C=O) groups excluding carboxylic acids is 2. The van der Waals surface area contributed by atoms with E-state index in [4.69, 9.17) is 4.74 Å². The number of nitrogens with one attached hydrogen (secondary N) is 1. The van der Waals surface area contributed by atoms with Crippen molar-refractivity contribution in [2.45, 2.75) is 431 Å². The van der Waals surface area contributed by atoms with Gasteiger partial charge in [0.25, 0.3) is 0 Å². The maximum absolute atomic E-state index is 12.4. The summed E-state index contributed by atoms with van der Waals surface area (Å²) < 4.78 is 5.51. The number of hydrogen-bond acceptors (Lipinski definition) is 5. The largest absolute Gasteiger partial charge is 0.466 e. The maximum atomic E-state index is 12.4. The first kappa shape index (κ1) is 77.6.